The van der Waals surface area contributed by atoms with Crippen molar-refractivity contribution in [3.63, 3.8) is 0 Å². The van der Waals surface area contributed by atoms with Gasteiger partial charge in [-0.2, -0.15) is 18.3 Å². The summed E-state index contributed by atoms with van der Waals surface area (Å²) < 4.78 is 48.2. The first kappa shape index (κ1) is 39.5. The van der Waals surface area contributed by atoms with E-state index in [-0.39, 0.29) is 31.0 Å². The number of likely N-dealkylation sites (N-methyl/N-ethyl adjacent to an activating group) is 1. The summed E-state index contributed by atoms with van der Waals surface area (Å²) >= 11 is 0. The van der Waals surface area contributed by atoms with E-state index in [9.17, 15) is 27.6 Å². The first-order chi connectivity index (χ1) is 24.5. The standard InChI is InChI=1S/C36H50F3N7O5/c1-4-30-28(32(43-27-16-20-50-21-17-27)29-24-41-46(5-2)33(29)44-30)23-40-34(48)25-12-14-26(15-13-25)42-31(47)11-9-7-6-8-10-18-45(3)19-22-51-35(49)36(37,38)39/h12-15,24,27H,4-11,16-23H2,1-3H3,(H,40,48)(H,42,47)(H,43,44). The molecule has 2 amide bonds. The summed E-state index contributed by atoms with van der Waals surface area (Å²) in [7, 11) is 1.76. The number of carbonyl (C=O) groups excluding carboxylic acids is 3. The van der Waals surface area contributed by atoms with Crippen LogP contribution in [0.15, 0.2) is 30.5 Å². The van der Waals surface area contributed by atoms with Crippen molar-refractivity contribution in [3.05, 3.63) is 47.3 Å². The van der Waals surface area contributed by atoms with Gasteiger partial charge in [0.05, 0.1) is 17.3 Å². The number of hydrogen-bond donors (Lipinski definition) is 3. The number of rotatable bonds is 19. The second-order valence-corrected chi connectivity index (χ2v) is 12.8. The van der Waals surface area contributed by atoms with Crippen molar-refractivity contribution in [2.45, 2.75) is 96.9 Å². The Hall–Kier alpha value is -4.24. The van der Waals surface area contributed by atoms with E-state index in [2.05, 4.69) is 32.7 Å². The number of unbranched alkanes of at least 4 members (excludes halogenated alkanes) is 4. The Balaban J connectivity index is 1.20. The Bertz CT molecular complexity index is 1590. The van der Waals surface area contributed by atoms with Crippen LogP contribution in [-0.2, 0) is 38.6 Å². The summed E-state index contributed by atoms with van der Waals surface area (Å²) in [6.07, 6.45) is 4.01. The van der Waals surface area contributed by atoms with Gasteiger partial charge in [-0.15, -0.1) is 0 Å². The molecule has 1 fully saturated rings. The third kappa shape index (κ3) is 11.9. The van der Waals surface area contributed by atoms with Gasteiger partial charge in [0.25, 0.3) is 5.91 Å². The molecule has 0 aliphatic carbocycles. The lowest BCUT2D eigenvalue weighted by molar-refractivity contribution is -0.199. The molecule has 0 radical (unpaired) electrons. The number of aryl methyl sites for hydroxylation is 2. The Labute approximate surface area is 296 Å². The van der Waals surface area contributed by atoms with Gasteiger partial charge in [-0.05, 0) is 76.9 Å². The summed E-state index contributed by atoms with van der Waals surface area (Å²) in [5, 5.41) is 15.2. The molecule has 0 spiro atoms. The minimum atomic E-state index is -4.97. The maximum Gasteiger partial charge on any atom is 0.490 e. The third-order valence-corrected chi connectivity index (χ3v) is 8.91. The van der Waals surface area contributed by atoms with Gasteiger partial charge < -0.3 is 30.3 Å². The fraction of sp³-hybridized carbons (Fsp3) is 0.583. The lowest BCUT2D eigenvalue weighted by Gasteiger charge is -2.26. The number of nitrogens with one attached hydrogen (secondary N) is 3. The van der Waals surface area contributed by atoms with Crippen LogP contribution in [0.1, 0.15) is 86.8 Å². The van der Waals surface area contributed by atoms with Gasteiger partial charge in [0.2, 0.25) is 5.91 Å². The van der Waals surface area contributed by atoms with Crippen LogP contribution in [-0.4, -0.2) is 89.6 Å². The molecular weight excluding hydrogens is 667 g/mol. The Kier molecular flexibility index (Phi) is 15.0. The highest BCUT2D eigenvalue weighted by molar-refractivity contribution is 5.96. The van der Waals surface area contributed by atoms with E-state index in [1.165, 1.54) is 0 Å². The first-order valence-corrected chi connectivity index (χ1v) is 17.8. The molecule has 0 unspecified atom stereocenters. The lowest BCUT2D eigenvalue weighted by atomic mass is 10.0. The smallest absolute Gasteiger partial charge is 0.458 e. The van der Waals surface area contributed by atoms with Gasteiger partial charge in [0.15, 0.2) is 5.65 Å². The second-order valence-electron chi connectivity index (χ2n) is 12.8. The summed E-state index contributed by atoms with van der Waals surface area (Å²) in [6.45, 7) is 7.09. The zero-order valence-corrected chi connectivity index (χ0v) is 29.7. The van der Waals surface area contributed by atoms with Gasteiger partial charge in [0, 0.05) is 67.8 Å². The van der Waals surface area contributed by atoms with Crippen molar-refractivity contribution < 1.29 is 37.0 Å². The topological polar surface area (TPSA) is 140 Å². The SMILES string of the molecule is CCc1nc2c(cnn2CC)c(NC2CCOCC2)c1CNC(=O)c1ccc(NC(=O)CCCCCCCN(C)CCOC(=O)C(F)(F)F)cc1. The van der Waals surface area contributed by atoms with Crippen LogP contribution >= 0.6 is 0 Å². The highest BCUT2D eigenvalue weighted by atomic mass is 19.4. The van der Waals surface area contributed by atoms with Gasteiger partial charge >= 0.3 is 12.1 Å². The molecule has 51 heavy (non-hydrogen) atoms. The molecule has 3 aromatic rings. The number of fused-ring (bicyclic) bond motifs is 1. The summed E-state index contributed by atoms with van der Waals surface area (Å²) in [6, 6.07) is 7.07. The fourth-order valence-corrected chi connectivity index (χ4v) is 5.99. The lowest BCUT2D eigenvalue weighted by Crippen LogP contribution is -2.30. The van der Waals surface area contributed by atoms with Crippen LogP contribution in [0.4, 0.5) is 24.5 Å². The van der Waals surface area contributed by atoms with E-state index >= 15 is 0 Å². The number of pyridine rings is 1. The van der Waals surface area contributed by atoms with Crippen LogP contribution in [0.2, 0.25) is 0 Å². The zero-order chi connectivity index (χ0) is 36.8. The molecule has 0 saturated carbocycles. The number of esters is 1. The average molecular weight is 718 g/mol. The van der Waals surface area contributed by atoms with Crippen molar-refractivity contribution in [1.29, 1.82) is 0 Å². The minimum Gasteiger partial charge on any atom is -0.458 e. The third-order valence-electron chi connectivity index (χ3n) is 8.91. The number of hydrogen-bond acceptors (Lipinski definition) is 9. The fourth-order valence-electron chi connectivity index (χ4n) is 5.99. The maximum atomic E-state index is 13.2. The van der Waals surface area contributed by atoms with E-state index < -0.39 is 12.1 Å². The molecule has 15 heteroatoms. The van der Waals surface area contributed by atoms with Crippen LogP contribution in [0.5, 0.6) is 0 Å². The number of anilines is 2. The molecule has 1 aliphatic heterocycles. The monoisotopic (exact) mass is 717 g/mol. The van der Waals surface area contributed by atoms with E-state index in [0.717, 1.165) is 72.9 Å². The number of halogens is 3. The molecular formula is C36H50F3N7O5. The number of ether oxygens (including phenoxy) is 2. The van der Waals surface area contributed by atoms with Crippen molar-refractivity contribution in [2.24, 2.45) is 0 Å². The van der Waals surface area contributed by atoms with Crippen LogP contribution in [0, 0.1) is 0 Å². The predicted octanol–water partition coefficient (Wildman–Crippen LogP) is 5.85. The van der Waals surface area contributed by atoms with Crippen LogP contribution in [0.25, 0.3) is 11.0 Å². The quantitative estimate of drug-likeness (QED) is 0.103. The molecule has 0 bridgehead atoms. The Morgan fingerprint density at radius 2 is 1.73 bits per heavy atom. The molecule has 1 aromatic carbocycles. The Morgan fingerprint density at radius 3 is 2.41 bits per heavy atom. The first-order valence-electron chi connectivity index (χ1n) is 17.8. The molecule has 280 valence electrons. The van der Waals surface area contributed by atoms with Crippen molar-refractivity contribution in [1.82, 2.24) is 25.0 Å². The molecule has 0 atom stereocenters. The highest BCUT2D eigenvalue weighted by Crippen LogP contribution is 2.31. The second kappa shape index (κ2) is 19.4. The van der Waals surface area contributed by atoms with Gasteiger partial charge in [-0.3, -0.25) is 9.59 Å². The van der Waals surface area contributed by atoms with Gasteiger partial charge in [-0.25, -0.2) is 14.5 Å². The van der Waals surface area contributed by atoms with Gasteiger partial charge in [0.1, 0.15) is 6.61 Å². The number of carbonyl (C=O) groups is 3. The molecule has 1 saturated heterocycles. The number of alkyl halides is 3. The van der Waals surface area contributed by atoms with Crippen molar-refractivity contribution in [3.8, 4) is 0 Å². The van der Waals surface area contributed by atoms with E-state index in [1.54, 1.807) is 31.3 Å². The van der Waals surface area contributed by atoms with E-state index in [0.29, 0.717) is 56.9 Å². The van der Waals surface area contributed by atoms with E-state index in [4.69, 9.17) is 9.72 Å². The molecule has 2 aromatic heterocycles. The zero-order valence-electron chi connectivity index (χ0n) is 29.7. The number of nitrogens with zero attached hydrogens (tertiary/aromatic N) is 4. The summed E-state index contributed by atoms with van der Waals surface area (Å²) in [4.78, 5) is 43.2. The van der Waals surface area contributed by atoms with E-state index in [1.807, 2.05) is 22.7 Å². The largest absolute Gasteiger partial charge is 0.490 e. The summed E-state index contributed by atoms with van der Waals surface area (Å²) in [5.74, 6) is -2.50. The van der Waals surface area contributed by atoms with Gasteiger partial charge in [-0.1, -0.05) is 26.2 Å². The van der Waals surface area contributed by atoms with Crippen LogP contribution < -0.4 is 16.0 Å². The molecule has 12 nitrogen and oxygen atoms in total. The number of aromatic nitrogens is 3. The molecule has 3 N–H and O–H groups in total. The maximum absolute atomic E-state index is 13.2. The molecule has 1 aliphatic rings. The van der Waals surface area contributed by atoms with Crippen LogP contribution in [0.3, 0.4) is 0 Å². The highest BCUT2D eigenvalue weighted by Gasteiger charge is 2.40. The minimum absolute atomic E-state index is 0.105. The summed E-state index contributed by atoms with van der Waals surface area (Å²) in [5.41, 5.74) is 4.73. The normalized spacial score (nSPS) is 13.8. The number of benzene rings is 1. The average Bonchev–Trinajstić information content (AvgIpc) is 3.53. The Morgan fingerprint density at radius 1 is 1.02 bits per heavy atom. The molecule has 4 rings (SSSR count). The van der Waals surface area contributed by atoms with Crippen molar-refractivity contribution >= 4 is 40.2 Å². The molecule has 3 heterocycles. The van der Waals surface area contributed by atoms with Crippen molar-refractivity contribution in [2.75, 3.05) is 50.6 Å². The number of amides is 2. The predicted molar refractivity (Wildman–Crippen MR) is 188 cm³/mol.